The van der Waals surface area contributed by atoms with Gasteiger partial charge in [-0.15, -0.1) is 0 Å². The number of nitrogens with zero attached hydrogens (tertiary/aromatic N) is 1. The van der Waals surface area contributed by atoms with Crippen LogP contribution in [0.25, 0.3) is 0 Å². The van der Waals surface area contributed by atoms with Crippen LogP contribution in [0.5, 0.6) is 17.2 Å². The van der Waals surface area contributed by atoms with Crippen molar-refractivity contribution in [3.05, 3.63) is 42.5 Å². The van der Waals surface area contributed by atoms with E-state index in [0.717, 1.165) is 25.7 Å². The van der Waals surface area contributed by atoms with E-state index in [-0.39, 0.29) is 30.2 Å². The van der Waals surface area contributed by atoms with Gasteiger partial charge in [0.15, 0.2) is 18.1 Å². The number of carbonyl (C=O) groups excluding carboxylic acids is 1. The molecule has 2 aliphatic rings. The van der Waals surface area contributed by atoms with E-state index in [2.05, 4.69) is 5.32 Å². The summed E-state index contributed by atoms with van der Waals surface area (Å²) in [5.41, 5.74) is 0.504. The molecular weight excluding hydrogens is 420 g/mol. The number of anilines is 1. The zero-order valence-electron chi connectivity index (χ0n) is 17.4. The second-order valence-electron chi connectivity index (χ2n) is 7.55. The minimum absolute atomic E-state index is 0.0476. The van der Waals surface area contributed by atoms with Crippen molar-refractivity contribution in [2.45, 2.75) is 43.5 Å². The predicted octanol–water partition coefficient (Wildman–Crippen LogP) is 3.39. The standard InChI is InChI=1S/C22H26N2O6S/c1-2-17-5-3-4-12-24(17)31(26,27)19-9-6-16(7-10-19)23-22(25)14-28-18-8-11-20-21(13-18)30-15-29-20/h6-11,13,17H,2-5,12,14-15H2,1H3,(H,23,25). The summed E-state index contributed by atoms with van der Waals surface area (Å²) in [5, 5.41) is 2.71. The Hall–Kier alpha value is -2.78. The second-order valence-corrected chi connectivity index (χ2v) is 9.44. The van der Waals surface area contributed by atoms with Gasteiger partial charge in [0, 0.05) is 24.3 Å². The molecule has 1 saturated heterocycles. The van der Waals surface area contributed by atoms with Gasteiger partial charge >= 0.3 is 0 Å². The third-order valence-corrected chi connectivity index (χ3v) is 7.47. The molecule has 2 heterocycles. The van der Waals surface area contributed by atoms with Crippen molar-refractivity contribution in [3.8, 4) is 17.2 Å². The summed E-state index contributed by atoms with van der Waals surface area (Å²) >= 11 is 0. The van der Waals surface area contributed by atoms with Crippen molar-refractivity contribution in [2.75, 3.05) is 25.3 Å². The van der Waals surface area contributed by atoms with Crippen molar-refractivity contribution in [1.82, 2.24) is 4.31 Å². The maximum atomic E-state index is 13.0. The zero-order chi connectivity index (χ0) is 21.8. The van der Waals surface area contributed by atoms with Crippen LogP contribution in [-0.2, 0) is 14.8 Å². The lowest BCUT2D eigenvalue weighted by molar-refractivity contribution is -0.118. The van der Waals surface area contributed by atoms with E-state index < -0.39 is 10.0 Å². The van der Waals surface area contributed by atoms with E-state index in [4.69, 9.17) is 14.2 Å². The first-order valence-corrected chi connectivity index (χ1v) is 11.9. The van der Waals surface area contributed by atoms with E-state index in [1.165, 1.54) is 12.1 Å². The van der Waals surface area contributed by atoms with E-state index in [1.54, 1.807) is 34.6 Å². The molecule has 2 aliphatic heterocycles. The quantitative estimate of drug-likeness (QED) is 0.701. The van der Waals surface area contributed by atoms with Crippen molar-refractivity contribution < 1.29 is 27.4 Å². The maximum absolute atomic E-state index is 13.0. The zero-order valence-corrected chi connectivity index (χ0v) is 18.2. The van der Waals surface area contributed by atoms with E-state index >= 15 is 0 Å². The van der Waals surface area contributed by atoms with Crippen LogP contribution in [-0.4, -0.2) is 44.6 Å². The van der Waals surface area contributed by atoms with Gasteiger partial charge in [0.1, 0.15) is 5.75 Å². The minimum Gasteiger partial charge on any atom is -0.484 e. The molecule has 4 rings (SSSR count). The molecule has 166 valence electrons. The molecule has 1 unspecified atom stereocenters. The molecule has 2 aromatic carbocycles. The van der Waals surface area contributed by atoms with E-state index in [1.807, 2.05) is 6.92 Å². The summed E-state index contributed by atoms with van der Waals surface area (Å²) in [6, 6.07) is 11.4. The van der Waals surface area contributed by atoms with Crippen molar-refractivity contribution in [3.63, 3.8) is 0 Å². The van der Waals surface area contributed by atoms with E-state index in [9.17, 15) is 13.2 Å². The predicted molar refractivity (Wildman–Crippen MR) is 115 cm³/mol. The van der Waals surface area contributed by atoms with Crippen LogP contribution >= 0.6 is 0 Å². The number of fused-ring (bicyclic) bond motifs is 1. The number of benzene rings is 2. The number of hydrogen-bond acceptors (Lipinski definition) is 6. The molecule has 1 N–H and O–H groups in total. The summed E-state index contributed by atoms with van der Waals surface area (Å²) in [4.78, 5) is 12.5. The lowest BCUT2D eigenvalue weighted by Crippen LogP contribution is -2.43. The highest BCUT2D eigenvalue weighted by molar-refractivity contribution is 7.89. The number of amides is 1. The molecule has 0 radical (unpaired) electrons. The number of piperidine rings is 1. The highest BCUT2D eigenvalue weighted by atomic mass is 32.2. The lowest BCUT2D eigenvalue weighted by Gasteiger charge is -2.34. The maximum Gasteiger partial charge on any atom is 0.262 e. The Morgan fingerprint density at radius 3 is 2.68 bits per heavy atom. The van der Waals surface area contributed by atoms with Crippen LogP contribution in [0.3, 0.4) is 0 Å². The SMILES string of the molecule is CCC1CCCCN1S(=O)(=O)c1ccc(NC(=O)COc2ccc3c(c2)OCO3)cc1. The van der Waals surface area contributed by atoms with Gasteiger partial charge in [-0.1, -0.05) is 13.3 Å². The van der Waals surface area contributed by atoms with Crippen LogP contribution in [0.4, 0.5) is 5.69 Å². The third kappa shape index (κ3) is 4.77. The Morgan fingerprint density at radius 1 is 1.13 bits per heavy atom. The molecule has 2 aromatic rings. The summed E-state index contributed by atoms with van der Waals surface area (Å²) in [6.07, 6.45) is 3.64. The number of nitrogens with one attached hydrogen (secondary N) is 1. The first-order chi connectivity index (χ1) is 15.0. The first-order valence-electron chi connectivity index (χ1n) is 10.4. The van der Waals surface area contributed by atoms with Crippen LogP contribution in [0.15, 0.2) is 47.4 Å². The smallest absolute Gasteiger partial charge is 0.262 e. The summed E-state index contributed by atoms with van der Waals surface area (Å²) in [7, 11) is -3.55. The molecule has 8 nitrogen and oxygen atoms in total. The monoisotopic (exact) mass is 446 g/mol. The van der Waals surface area contributed by atoms with Crippen LogP contribution in [0.2, 0.25) is 0 Å². The average molecular weight is 447 g/mol. The van der Waals surface area contributed by atoms with Gasteiger partial charge in [-0.25, -0.2) is 8.42 Å². The van der Waals surface area contributed by atoms with Gasteiger partial charge in [0.2, 0.25) is 16.8 Å². The van der Waals surface area contributed by atoms with Gasteiger partial charge in [-0.2, -0.15) is 4.31 Å². The Kier molecular flexibility index (Phi) is 6.33. The number of hydrogen-bond donors (Lipinski definition) is 1. The minimum atomic E-state index is -3.55. The molecule has 0 aromatic heterocycles. The highest BCUT2D eigenvalue weighted by Crippen LogP contribution is 2.35. The Bertz CT molecular complexity index is 1040. The molecule has 1 fully saturated rings. The fourth-order valence-electron chi connectivity index (χ4n) is 3.86. The molecule has 0 spiro atoms. The molecule has 1 amide bonds. The lowest BCUT2D eigenvalue weighted by atomic mass is 10.0. The Balaban J connectivity index is 1.35. The van der Waals surface area contributed by atoms with Gasteiger partial charge < -0.3 is 19.5 Å². The number of ether oxygens (including phenoxy) is 3. The summed E-state index contributed by atoms with van der Waals surface area (Å²) in [5.74, 6) is 1.36. The second kappa shape index (κ2) is 9.15. The number of rotatable bonds is 7. The normalized spacial score (nSPS) is 18.5. The number of sulfonamides is 1. The fraction of sp³-hybridized carbons (Fsp3) is 0.409. The van der Waals surface area contributed by atoms with Gasteiger partial charge in [-0.05, 0) is 55.7 Å². The van der Waals surface area contributed by atoms with Gasteiger partial charge in [0.25, 0.3) is 5.91 Å². The average Bonchev–Trinajstić information content (AvgIpc) is 3.26. The fourth-order valence-corrected chi connectivity index (χ4v) is 5.62. The van der Waals surface area contributed by atoms with Crippen LogP contribution < -0.4 is 19.5 Å². The summed E-state index contributed by atoms with van der Waals surface area (Å²) in [6.45, 7) is 2.55. The third-order valence-electron chi connectivity index (χ3n) is 5.50. The van der Waals surface area contributed by atoms with Crippen LogP contribution in [0.1, 0.15) is 32.6 Å². The molecular formula is C22H26N2O6S. The first kappa shape index (κ1) is 21.5. The molecule has 9 heteroatoms. The molecule has 0 bridgehead atoms. The van der Waals surface area contributed by atoms with Gasteiger partial charge in [0.05, 0.1) is 4.90 Å². The Morgan fingerprint density at radius 2 is 1.90 bits per heavy atom. The van der Waals surface area contributed by atoms with Gasteiger partial charge in [-0.3, -0.25) is 4.79 Å². The van der Waals surface area contributed by atoms with Crippen molar-refractivity contribution >= 4 is 21.6 Å². The highest BCUT2D eigenvalue weighted by Gasteiger charge is 2.32. The van der Waals surface area contributed by atoms with E-state index in [0.29, 0.717) is 29.5 Å². The van der Waals surface area contributed by atoms with Crippen molar-refractivity contribution in [1.29, 1.82) is 0 Å². The Labute approximate surface area is 182 Å². The number of carbonyl (C=O) groups is 1. The topological polar surface area (TPSA) is 94.2 Å². The molecule has 0 saturated carbocycles. The van der Waals surface area contributed by atoms with Crippen LogP contribution in [0, 0.1) is 0 Å². The molecule has 0 aliphatic carbocycles. The van der Waals surface area contributed by atoms with Crippen molar-refractivity contribution in [2.24, 2.45) is 0 Å². The largest absolute Gasteiger partial charge is 0.484 e. The molecule has 31 heavy (non-hydrogen) atoms. The molecule has 1 atom stereocenters. The summed E-state index contributed by atoms with van der Waals surface area (Å²) < 4.78 is 43.7.